The van der Waals surface area contributed by atoms with Crippen LogP contribution < -0.4 is 11.1 Å². The lowest BCUT2D eigenvalue weighted by Crippen LogP contribution is -2.21. The zero-order valence-electron chi connectivity index (χ0n) is 13.3. The van der Waals surface area contributed by atoms with Crippen LogP contribution in [-0.2, 0) is 4.74 Å². The summed E-state index contributed by atoms with van der Waals surface area (Å²) in [6.07, 6.45) is 6.78. The maximum atomic E-state index is 11.8. The number of hydrogen-bond acceptors (Lipinski definition) is 6. The third-order valence-corrected chi connectivity index (χ3v) is 5.46. The minimum absolute atomic E-state index is 0.164. The highest BCUT2D eigenvalue weighted by atomic mass is 79.9. The van der Waals surface area contributed by atoms with E-state index in [2.05, 4.69) is 31.4 Å². The maximum Gasteiger partial charge on any atom is 0.270 e. The average Bonchev–Trinajstić information content (AvgIpc) is 3.08. The number of fused-ring (bicyclic) bond motifs is 1. The number of primary amides is 1. The number of carbonyl (C=O) groups is 1. The number of hydrogen-bond donors (Lipinski definition) is 2. The molecule has 6 nitrogen and oxygen atoms in total. The lowest BCUT2D eigenvalue weighted by Gasteiger charge is -2.17. The van der Waals surface area contributed by atoms with Gasteiger partial charge in [-0.1, -0.05) is 34.1 Å². The number of amides is 1. The Hall–Kier alpha value is -2.71. The van der Waals surface area contributed by atoms with E-state index in [1.807, 2.05) is 42.5 Å². The molecule has 3 heterocycles. The predicted octanol–water partition coefficient (Wildman–Crippen LogP) is 4.06. The molecule has 0 bridgehead atoms. The molecule has 1 aliphatic rings. The van der Waals surface area contributed by atoms with Crippen molar-refractivity contribution < 1.29 is 9.53 Å². The molecule has 1 amide bonds. The molecule has 8 heteroatoms. The Morgan fingerprint density at radius 2 is 2.15 bits per heavy atom. The van der Waals surface area contributed by atoms with Crippen LogP contribution in [0.1, 0.15) is 10.5 Å². The molecule has 4 rings (SSSR count). The van der Waals surface area contributed by atoms with Crippen molar-refractivity contribution in [2.24, 2.45) is 5.73 Å². The smallest absolute Gasteiger partial charge is 0.270 e. The van der Waals surface area contributed by atoms with Gasteiger partial charge in [0.1, 0.15) is 0 Å². The van der Waals surface area contributed by atoms with Crippen LogP contribution in [0.25, 0.3) is 20.5 Å². The third-order valence-electron chi connectivity index (χ3n) is 3.77. The largest absolute Gasteiger partial charge is 0.475 e. The highest BCUT2D eigenvalue weighted by Gasteiger charge is 2.19. The first-order valence-corrected chi connectivity index (χ1v) is 9.34. The summed E-state index contributed by atoms with van der Waals surface area (Å²) in [7, 11) is 0. The molecular formula is C18H13BrN4O2S. The van der Waals surface area contributed by atoms with E-state index in [4.69, 9.17) is 10.5 Å². The maximum absolute atomic E-state index is 11.8. The van der Waals surface area contributed by atoms with E-state index in [0.717, 1.165) is 20.3 Å². The molecule has 1 aromatic carbocycles. The van der Waals surface area contributed by atoms with E-state index in [1.54, 1.807) is 12.3 Å². The molecule has 3 aromatic rings. The van der Waals surface area contributed by atoms with Crippen LogP contribution in [-0.4, -0.2) is 22.3 Å². The number of aromatic nitrogens is 2. The predicted molar refractivity (Wildman–Crippen MR) is 106 cm³/mol. The topological polar surface area (TPSA) is 90.1 Å². The van der Waals surface area contributed by atoms with Gasteiger partial charge in [-0.15, -0.1) is 21.5 Å². The van der Waals surface area contributed by atoms with Crippen LogP contribution in [0.2, 0.25) is 0 Å². The first kappa shape index (κ1) is 16.7. The van der Waals surface area contributed by atoms with Crippen molar-refractivity contribution in [1.29, 1.82) is 0 Å². The van der Waals surface area contributed by atoms with Gasteiger partial charge in [0.15, 0.2) is 17.7 Å². The third kappa shape index (κ3) is 3.21. The average molecular weight is 429 g/mol. The number of thiophene rings is 1. The fourth-order valence-corrected chi connectivity index (χ4v) is 4.14. The fraction of sp³-hybridized carbons (Fsp3) is 0.0556. The number of halogens is 1. The van der Waals surface area contributed by atoms with Crippen LogP contribution in [0.5, 0.6) is 0 Å². The summed E-state index contributed by atoms with van der Waals surface area (Å²) >= 11 is 4.94. The summed E-state index contributed by atoms with van der Waals surface area (Å²) in [4.78, 5) is 12.8. The van der Waals surface area contributed by atoms with E-state index >= 15 is 0 Å². The Morgan fingerprint density at radius 3 is 2.88 bits per heavy atom. The summed E-state index contributed by atoms with van der Waals surface area (Å²) in [5.74, 6) is -0.0686. The van der Waals surface area contributed by atoms with Gasteiger partial charge in [0.25, 0.3) is 5.91 Å². The van der Waals surface area contributed by atoms with E-state index in [-0.39, 0.29) is 11.9 Å². The van der Waals surface area contributed by atoms with Gasteiger partial charge < -0.3 is 15.8 Å². The van der Waals surface area contributed by atoms with Crippen LogP contribution in [0, 0.1) is 0 Å². The van der Waals surface area contributed by atoms with Crippen LogP contribution in [0.4, 0.5) is 5.82 Å². The van der Waals surface area contributed by atoms with Gasteiger partial charge in [-0.25, -0.2) is 0 Å². The van der Waals surface area contributed by atoms with Gasteiger partial charge in [0.2, 0.25) is 0 Å². The summed E-state index contributed by atoms with van der Waals surface area (Å²) in [5.41, 5.74) is 6.67. The molecule has 0 spiro atoms. The highest BCUT2D eigenvalue weighted by Crippen LogP contribution is 2.38. The van der Waals surface area contributed by atoms with Crippen molar-refractivity contribution in [3.63, 3.8) is 0 Å². The second kappa shape index (κ2) is 6.89. The first-order valence-electron chi connectivity index (χ1n) is 7.73. The molecule has 1 atom stereocenters. The number of benzene rings is 1. The van der Waals surface area contributed by atoms with Gasteiger partial charge >= 0.3 is 0 Å². The van der Waals surface area contributed by atoms with Gasteiger partial charge in [-0.2, -0.15) is 0 Å². The van der Waals surface area contributed by atoms with E-state index in [0.29, 0.717) is 10.5 Å². The number of carbonyl (C=O) groups excluding carboxylic acids is 1. The molecule has 3 N–H and O–H groups in total. The van der Waals surface area contributed by atoms with E-state index in [9.17, 15) is 4.79 Å². The Bertz CT molecular complexity index is 1060. The molecule has 26 heavy (non-hydrogen) atoms. The fourth-order valence-electron chi connectivity index (χ4n) is 2.60. The van der Waals surface area contributed by atoms with Crippen molar-refractivity contribution >= 4 is 49.1 Å². The molecule has 0 saturated carbocycles. The van der Waals surface area contributed by atoms with E-state index in [1.165, 1.54) is 11.3 Å². The Kier molecular flexibility index (Phi) is 4.44. The highest BCUT2D eigenvalue weighted by molar-refractivity contribution is 9.10. The number of rotatable bonds is 4. The Balaban J connectivity index is 1.83. The quantitative estimate of drug-likeness (QED) is 0.653. The summed E-state index contributed by atoms with van der Waals surface area (Å²) < 4.78 is 7.15. The van der Waals surface area contributed by atoms with Crippen molar-refractivity contribution in [2.75, 3.05) is 5.32 Å². The summed E-state index contributed by atoms with van der Waals surface area (Å²) in [5, 5.41) is 12.1. The van der Waals surface area contributed by atoms with Gasteiger partial charge in [0.05, 0.1) is 11.0 Å². The van der Waals surface area contributed by atoms with Crippen LogP contribution in [0.3, 0.4) is 0 Å². The van der Waals surface area contributed by atoms with Crippen molar-refractivity contribution in [2.45, 2.75) is 6.23 Å². The number of allylic oxidation sites excluding steroid dienone is 2. The minimum Gasteiger partial charge on any atom is -0.475 e. The number of ether oxygens (including phenoxy) is 1. The zero-order chi connectivity index (χ0) is 18.1. The van der Waals surface area contributed by atoms with Gasteiger partial charge in [-0.05, 0) is 35.9 Å². The summed E-state index contributed by atoms with van der Waals surface area (Å²) in [6, 6.07) is 9.92. The molecular weight excluding hydrogens is 416 g/mol. The van der Waals surface area contributed by atoms with Gasteiger partial charge in [-0.3, -0.25) is 4.79 Å². The standard InChI is InChI=1S/C18H13BrN4O2S/c19-11-5-3-4-10(8-11)13-9-12-16(26-13)15(17(20)24)22-23-18(12)21-14-6-1-2-7-25-14/h1-9,14H,(H2,20,24)(H,21,23). The molecule has 2 aromatic heterocycles. The van der Waals surface area contributed by atoms with Crippen LogP contribution >= 0.6 is 27.3 Å². The lowest BCUT2D eigenvalue weighted by atomic mass is 10.1. The number of anilines is 1. The summed E-state index contributed by atoms with van der Waals surface area (Å²) in [6.45, 7) is 0. The van der Waals surface area contributed by atoms with Crippen LogP contribution in [0.15, 0.2) is 59.3 Å². The molecule has 0 aliphatic carbocycles. The van der Waals surface area contributed by atoms with Crippen molar-refractivity contribution in [3.8, 4) is 10.4 Å². The Morgan fingerprint density at radius 1 is 1.27 bits per heavy atom. The molecule has 1 unspecified atom stereocenters. The Labute approximate surface area is 161 Å². The zero-order valence-corrected chi connectivity index (χ0v) is 15.8. The first-order chi connectivity index (χ1) is 12.6. The van der Waals surface area contributed by atoms with Crippen molar-refractivity contribution in [3.05, 3.63) is 65.0 Å². The number of nitrogens with two attached hydrogens (primary N) is 1. The minimum atomic E-state index is -0.603. The normalized spacial score (nSPS) is 15.8. The molecule has 1 aliphatic heterocycles. The molecule has 0 radical (unpaired) electrons. The van der Waals surface area contributed by atoms with E-state index < -0.39 is 5.91 Å². The van der Waals surface area contributed by atoms with Gasteiger partial charge in [0, 0.05) is 14.7 Å². The second-order valence-electron chi connectivity index (χ2n) is 5.54. The second-order valence-corrected chi connectivity index (χ2v) is 7.51. The van der Waals surface area contributed by atoms with Crippen molar-refractivity contribution in [1.82, 2.24) is 10.2 Å². The SMILES string of the molecule is NC(=O)c1nnc(NC2C=CC=CO2)c2cc(-c3cccc(Br)c3)sc12. The molecule has 0 saturated heterocycles. The molecule has 130 valence electrons. The monoisotopic (exact) mass is 428 g/mol. The lowest BCUT2D eigenvalue weighted by molar-refractivity contribution is 0.0996. The number of nitrogens with one attached hydrogen (secondary N) is 1. The number of nitrogens with zero attached hydrogens (tertiary/aromatic N) is 2. The molecule has 0 fully saturated rings.